The van der Waals surface area contributed by atoms with Crippen molar-refractivity contribution in [2.75, 3.05) is 6.61 Å². The lowest BCUT2D eigenvalue weighted by atomic mass is 10.1. The summed E-state index contributed by atoms with van der Waals surface area (Å²) in [5.41, 5.74) is 2.62. The minimum absolute atomic E-state index is 0.585. The van der Waals surface area contributed by atoms with Gasteiger partial charge in [-0.3, -0.25) is 4.98 Å². The topological polar surface area (TPSA) is 54.7 Å². The van der Waals surface area contributed by atoms with E-state index in [4.69, 9.17) is 9.94 Å². The molecule has 1 aromatic heterocycles. The predicted octanol–water partition coefficient (Wildman–Crippen LogP) is 2.90. The fourth-order valence-electron chi connectivity index (χ4n) is 1.68. The van der Waals surface area contributed by atoms with Crippen molar-refractivity contribution < 1.29 is 9.94 Å². The molecule has 2 aromatic rings. The Balaban J connectivity index is 1.87. The second kappa shape index (κ2) is 6.54. The zero-order valence-corrected chi connectivity index (χ0v) is 10.8. The van der Waals surface area contributed by atoms with E-state index in [1.165, 1.54) is 0 Å². The van der Waals surface area contributed by atoms with Gasteiger partial charge in [0.15, 0.2) is 0 Å². The van der Waals surface area contributed by atoms with E-state index in [0.717, 1.165) is 23.3 Å². The maximum absolute atomic E-state index is 8.68. The van der Waals surface area contributed by atoms with E-state index >= 15 is 0 Å². The van der Waals surface area contributed by atoms with E-state index < -0.39 is 0 Å². The van der Waals surface area contributed by atoms with Gasteiger partial charge in [0, 0.05) is 18.8 Å². The van der Waals surface area contributed by atoms with Gasteiger partial charge in [0.25, 0.3) is 0 Å². The van der Waals surface area contributed by atoms with Gasteiger partial charge in [-0.2, -0.15) is 0 Å². The van der Waals surface area contributed by atoms with Gasteiger partial charge in [0.05, 0.1) is 12.3 Å². The summed E-state index contributed by atoms with van der Waals surface area (Å²) in [4.78, 5) is 4.06. The van der Waals surface area contributed by atoms with Crippen molar-refractivity contribution in [3.63, 3.8) is 0 Å². The summed E-state index contributed by atoms with van der Waals surface area (Å²) in [7, 11) is 0. The van der Waals surface area contributed by atoms with Crippen LogP contribution in [0.15, 0.2) is 53.9 Å². The van der Waals surface area contributed by atoms with Crippen LogP contribution in [0.4, 0.5) is 0 Å². The van der Waals surface area contributed by atoms with Crippen molar-refractivity contribution in [3.05, 3.63) is 59.9 Å². The first-order chi connectivity index (χ1) is 9.29. The highest BCUT2D eigenvalue weighted by Crippen LogP contribution is 2.13. The van der Waals surface area contributed by atoms with E-state index in [1.807, 2.05) is 42.6 Å². The van der Waals surface area contributed by atoms with E-state index in [0.29, 0.717) is 12.3 Å². The van der Waals surface area contributed by atoms with Crippen LogP contribution < -0.4 is 4.74 Å². The highest BCUT2D eigenvalue weighted by Gasteiger charge is 1.99. The van der Waals surface area contributed by atoms with Gasteiger partial charge < -0.3 is 9.94 Å². The summed E-state index contributed by atoms with van der Waals surface area (Å²) < 4.78 is 5.65. The van der Waals surface area contributed by atoms with Crippen LogP contribution in [-0.2, 0) is 6.42 Å². The predicted molar refractivity (Wildman–Crippen MR) is 73.9 cm³/mol. The largest absolute Gasteiger partial charge is 0.493 e. The van der Waals surface area contributed by atoms with Gasteiger partial charge in [-0.05, 0) is 48.4 Å². The van der Waals surface area contributed by atoms with Gasteiger partial charge in [0.1, 0.15) is 5.75 Å². The maximum Gasteiger partial charge on any atom is 0.119 e. The molecule has 1 heterocycles. The van der Waals surface area contributed by atoms with Crippen LogP contribution in [0.1, 0.15) is 18.1 Å². The Bertz CT molecular complexity index is 536. The molecule has 0 aliphatic heterocycles. The number of oxime groups is 1. The third-order valence-electron chi connectivity index (χ3n) is 2.80. The number of aromatic nitrogens is 1. The second-order valence-electron chi connectivity index (χ2n) is 4.17. The number of ether oxygens (including phenoxy) is 1. The minimum Gasteiger partial charge on any atom is -0.493 e. The monoisotopic (exact) mass is 256 g/mol. The number of hydrogen-bond donors (Lipinski definition) is 1. The average Bonchev–Trinajstić information content (AvgIpc) is 2.48. The van der Waals surface area contributed by atoms with Crippen LogP contribution in [0.2, 0.25) is 0 Å². The molecule has 0 amide bonds. The average molecular weight is 256 g/mol. The van der Waals surface area contributed by atoms with Crippen molar-refractivity contribution in [2.24, 2.45) is 5.16 Å². The first-order valence-electron chi connectivity index (χ1n) is 6.10. The maximum atomic E-state index is 8.68. The Labute approximate surface area is 112 Å². The van der Waals surface area contributed by atoms with E-state index in [2.05, 4.69) is 10.1 Å². The number of nitrogens with zero attached hydrogens (tertiary/aromatic N) is 2. The first-order valence-corrected chi connectivity index (χ1v) is 6.10. The molecule has 1 N–H and O–H groups in total. The summed E-state index contributed by atoms with van der Waals surface area (Å²) in [6.45, 7) is 2.36. The Morgan fingerprint density at radius 1 is 1.26 bits per heavy atom. The summed E-state index contributed by atoms with van der Waals surface area (Å²) in [5.74, 6) is 0.804. The van der Waals surface area contributed by atoms with Crippen molar-refractivity contribution >= 4 is 5.71 Å². The normalized spacial score (nSPS) is 11.3. The van der Waals surface area contributed by atoms with Crippen molar-refractivity contribution in [1.29, 1.82) is 0 Å². The Morgan fingerprint density at radius 2 is 2.05 bits per heavy atom. The number of pyridine rings is 1. The fraction of sp³-hybridized carbons (Fsp3) is 0.200. The van der Waals surface area contributed by atoms with Crippen LogP contribution in [0.3, 0.4) is 0 Å². The Kier molecular flexibility index (Phi) is 4.50. The molecule has 0 spiro atoms. The Morgan fingerprint density at radius 3 is 2.68 bits per heavy atom. The van der Waals surface area contributed by atoms with Gasteiger partial charge in [-0.1, -0.05) is 11.2 Å². The molecule has 0 aliphatic carbocycles. The van der Waals surface area contributed by atoms with Crippen molar-refractivity contribution in [1.82, 2.24) is 4.98 Å². The second-order valence-corrected chi connectivity index (χ2v) is 4.17. The molecule has 4 nitrogen and oxygen atoms in total. The van der Waals surface area contributed by atoms with Crippen LogP contribution in [0.25, 0.3) is 0 Å². The quantitative estimate of drug-likeness (QED) is 0.508. The van der Waals surface area contributed by atoms with E-state index in [-0.39, 0.29) is 0 Å². The molecule has 0 saturated carbocycles. The van der Waals surface area contributed by atoms with Gasteiger partial charge in [-0.25, -0.2) is 0 Å². The molecule has 0 atom stereocenters. The lowest BCUT2D eigenvalue weighted by molar-refractivity contribution is 0.318. The molecule has 0 aliphatic rings. The third kappa shape index (κ3) is 3.81. The molecule has 0 radical (unpaired) electrons. The molecular formula is C15H16N2O2. The zero-order chi connectivity index (χ0) is 13.5. The van der Waals surface area contributed by atoms with Gasteiger partial charge in [-0.15, -0.1) is 0 Å². The van der Waals surface area contributed by atoms with Crippen LogP contribution in [0.5, 0.6) is 5.75 Å². The molecule has 4 heteroatoms. The molecule has 2 rings (SSSR count). The smallest absolute Gasteiger partial charge is 0.119 e. The molecule has 19 heavy (non-hydrogen) atoms. The minimum atomic E-state index is 0.585. The molecule has 0 unspecified atom stereocenters. The highest BCUT2D eigenvalue weighted by molar-refractivity contribution is 5.98. The number of benzene rings is 1. The Hall–Kier alpha value is -2.36. The van der Waals surface area contributed by atoms with Crippen LogP contribution in [0, 0.1) is 0 Å². The zero-order valence-electron chi connectivity index (χ0n) is 10.8. The molecule has 0 fully saturated rings. The van der Waals surface area contributed by atoms with Gasteiger partial charge >= 0.3 is 0 Å². The lowest BCUT2D eigenvalue weighted by Gasteiger charge is -2.06. The SMILES string of the molecule is C/C(=N/O)c1ccc(OCCc2cccnc2)cc1. The molecule has 0 saturated heterocycles. The summed E-state index contributed by atoms with van der Waals surface area (Å²) in [6.07, 6.45) is 4.42. The summed E-state index contributed by atoms with van der Waals surface area (Å²) in [5, 5.41) is 11.8. The van der Waals surface area contributed by atoms with Crippen molar-refractivity contribution in [3.8, 4) is 5.75 Å². The summed E-state index contributed by atoms with van der Waals surface area (Å²) in [6, 6.07) is 11.4. The third-order valence-corrected chi connectivity index (χ3v) is 2.80. The lowest BCUT2D eigenvalue weighted by Crippen LogP contribution is -2.02. The molecule has 1 aromatic carbocycles. The first kappa shape index (κ1) is 13.1. The molecule has 98 valence electrons. The van der Waals surface area contributed by atoms with Crippen LogP contribution >= 0.6 is 0 Å². The van der Waals surface area contributed by atoms with Crippen molar-refractivity contribution in [2.45, 2.75) is 13.3 Å². The molecule has 0 bridgehead atoms. The fourth-order valence-corrected chi connectivity index (χ4v) is 1.68. The van der Waals surface area contributed by atoms with Gasteiger partial charge in [0.2, 0.25) is 0 Å². The highest BCUT2D eigenvalue weighted by atomic mass is 16.5. The van der Waals surface area contributed by atoms with E-state index in [1.54, 1.807) is 13.1 Å². The number of rotatable bonds is 5. The number of hydrogen-bond acceptors (Lipinski definition) is 4. The summed E-state index contributed by atoms with van der Waals surface area (Å²) >= 11 is 0. The van der Waals surface area contributed by atoms with Crippen LogP contribution in [-0.4, -0.2) is 22.5 Å². The van der Waals surface area contributed by atoms with E-state index in [9.17, 15) is 0 Å². The molecular weight excluding hydrogens is 240 g/mol. The standard InChI is InChI=1S/C15H16N2O2/c1-12(17-18)14-4-6-15(7-5-14)19-10-8-13-3-2-9-16-11-13/h2-7,9,11,18H,8,10H2,1H3/b17-12-.